The molecule has 7 nitrogen and oxygen atoms in total. The second-order valence-electron chi connectivity index (χ2n) is 6.39. The van der Waals surface area contributed by atoms with E-state index in [0.29, 0.717) is 17.0 Å². The summed E-state index contributed by atoms with van der Waals surface area (Å²) in [7, 11) is 0. The molecule has 8 heteroatoms. The highest BCUT2D eigenvalue weighted by Crippen LogP contribution is 2.31. The number of hydrogen-bond donors (Lipinski definition) is 3. The fourth-order valence-electron chi connectivity index (χ4n) is 2.97. The molecule has 1 saturated heterocycles. The maximum atomic E-state index is 14.3. The maximum Gasteiger partial charge on any atom is 0.234 e. The molecule has 0 spiro atoms. The average molecular weight is 377 g/mol. The van der Waals surface area contributed by atoms with Crippen molar-refractivity contribution >= 4 is 5.69 Å². The van der Waals surface area contributed by atoms with E-state index in [2.05, 4.69) is 5.18 Å². The molecule has 2 aromatic rings. The number of hydrogen-bond acceptors (Lipinski definition) is 7. The first-order valence-corrected chi connectivity index (χ1v) is 8.42. The third-order valence-corrected chi connectivity index (χ3v) is 4.51. The average Bonchev–Trinajstić information content (AvgIpc) is 2.69. The Kier molecular flexibility index (Phi) is 5.81. The zero-order valence-corrected chi connectivity index (χ0v) is 14.5. The highest BCUT2D eigenvalue weighted by molar-refractivity contribution is 5.68. The summed E-state index contributed by atoms with van der Waals surface area (Å²) < 4.78 is 25.0. The Bertz CT molecular complexity index is 815. The number of nitrogens with zero attached hydrogens (tertiary/aromatic N) is 1. The van der Waals surface area contributed by atoms with Crippen molar-refractivity contribution in [3.8, 4) is 16.9 Å². The lowest BCUT2D eigenvalue weighted by molar-refractivity contribution is -0.262. The van der Waals surface area contributed by atoms with Crippen molar-refractivity contribution in [3.05, 3.63) is 52.9 Å². The molecule has 0 aromatic heterocycles. The van der Waals surface area contributed by atoms with Crippen LogP contribution in [0.2, 0.25) is 0 Å². The van der Waals surface area contributed by atoms with Gasteiger partial charge in [-0.25, -0.2) is 4.39 Å². The summed E-state index contributed by atoms with van der Waals surface area (Å²) in [6.45, 7) is 1.18. The molecule has 1 aliphatic heterocycles. The molecular weight excluding hydrogens is 357 g/mol. The number of alkyl halides is 1. The Balaban J connectivity index is 1.80. The number of aliphatic hydroxyl groups is 3. The van der Waals surface area contributed by atoms with Crippen LogP contribution in [0, 0.1) is 11.8 Å². The number of rotatable bonds is 5. The van der Waals surface area contributed by atoms with Crippen LogP contribution < -0.4 is 4.74 Å². The van der Waals surface area contributed by atoms with Crippen LogP contribution >= 0.6 is 0 Å². The van der Waals surface area contributed by atoms with Gasteiger partial charge < -0.3 is 24.8 Å². The van der Waals surface area contributed by atoms with Gasteiger partial charge in [-0.3, -0.25) is 0 Å². The molecule has 0 saturated carbocycles. The van der Waals surface area contributed by atoms with Crippen molar-refractivity contribution in [2.75, 3.05) is 6.61 Å². The topological polar surface area (TPSA) is 109 Å². The molecule has 1 aliphatic rings. The second kappa shape index (κ2) is 8.10. The number of ether oxygens (including phenoxy) is 2. The van der Waals surface area contributed by atoms with E-state index in [1.807, 2.05) is 6.07 Å². The Hall–Kier alpha value is -2.39. The summed E-state index contributed by atoms with van der Waals surface area (Å²) in [4.78, 5) is 10.7. The predicted molar refractivity (Wildman–Crippen MR) is 95.4 cm³/mol. The molecule has 3 rings (SSSR count). The van der Waals surface area contributed by atoms with Crippen molar-refractivity contribution in [1.82, 2.24) is 0 Å². The standard InChI is InChI=1S/C19H20FNO6/c1-10-7-12(11-3-2-4-13(8-11)21-25)5-6-14(10)26-19-16(20)18(24)17(23)15(9-22)27-19/h2-8,15-19,22-24H,9H2,1H3/t15-,16+,17-,18-,19+/m1/s1. The van der Waals surface area contributed by atoms with E-state index in [-0.39, 0.29) is 0 Å². The summed E-state index contributed by atoms with van der Waals surface area (Å²) in [6, 6.07) is 11.9. The van der Waals surface area contributed by atoms with Gasteiger partial charge in [-0.05, 0) is 53.1 Å². The van der Waals surface area contributed by atoms with E-state index in [0.717, 1.165) is 11.1 Å². The fraction of sp³-hybridized carbons (Fsp3) is 0.368. The number of aliphatic hydroxyl groups excluding tert-OH is 3. The molecule has 0 aliphatic carbocycles. The van der Waals surface area contributed by atoms with Gasteiger partial charge in [0.05, 0.1) is 6.61 Å². The molecule has 3 N–H and O–H groups in total. The van der Waals surface area contributed by atoms with Crippen molar-refractivity contribution < 1.29 is 29.2 Å². The lowest BCUT2D eigenvalue weighted by atomic mass is 10.00. The van der Waals surface area contributed by atoms with Crippen molar-refractivity contribution in [3.63, 3.8) is 0 Å². The molecule has 0 amide bonds. The summed E-state index contributed by atoms with van der Waals surface area (Å²) >= 11 is 0. The van der Waals surface area contributed by atoms with E-state index in [4.69, 9.17) is 9.47 Å². The van der Waals surface area contributed by atoms with Gasteiger partial charge in [-0.15, -0.1) is 4.91 Å². The second-order valence-corrected chi connectivity index (χ2v) is 6.39. The number of benzene rings is 2. The van der Waals surface area contributed by atoms with Crippen LogP contribution in [0.25, 0.3) is 11.1 Å². The molecule has 144 valence electrons. The SMILES string of the molecule is Cc1cc(-c2cccc(N=O)c2)ccc1O[C@H]1O[C@H](CO)[C@@H](O)[C@H](O)[C@@H]1F. The largest absolute Gasteiger partial charge is 0.461 e. The van der Waals surface area contributed by atoms with E-state index in [1.165, 1.54) is 0 Å². The van der Waals surface area contributed by atoms with Crippen molar-refractivity contribution in [2.45, 2.75) is 37.7 Å². The molecule has 0 radical (unpaired) electrons. The van der Waals surface area contributed by atoms with Gasteiger partial charge >= 0.3 is 0 Å². The first-order chi connectivity index (χ1) is 12.9. The van der Waals surface area contributed by atoms with Gasteiger partial charge in [0.2, 0.25) is 6.29 Å². The first kappa shape index (κ1) is 19.4. The third-order valence-electron chi connectivity index (χ3n) is 4.51. The van der Waals surface area contributed by atoms with Crippen LogP contribution in [0.4, 0.5) is 10.1 Å². The summed E-state index contributed by atoms with van der Waals surface area (Å²) in [5, 5.41) is 31.6. The van der Waals surface area contributed by atoms with Crippen LogP contribution in [0.3, 0.4) is 0 Å². The van der Waals surface area contributed by atoms with Gasteiger partial charge in [0.25, 0.3) is 0 Å². The van der Waals surface area contributed by atoms with E-state index < -0.39 is 37.4 Å². The molecule has 1 fully saturated rings. The smallest absolute Gasteiger partial charge is 0.234 e. The zero-order chi connectivity index (χ0) is 19.6. The van der Waals surface area contributed by atoms with Gasteiger partial charge in [0, 0.05) is 0 Å². The Morgan fingerprint density at radius 1 is 1.15 bits per heavy atom. The van der Waals surface area contributed by atoms with Crippen LogP contribution in [0.15, 0.2) is 47.6 Å². The number of nitroso groups, excluding NO2 is 1. The van der Waals surface area contributed by atoms with E-state index in [1.54, 1.807) is 43.3 Å². The minimum atomic E-state index is -1.97. The highest BCUT2D eigenvalue weighted by atomic mass is 19.1. The number of aryl methyl sites for hydroxylation is 1. The summed E-state index contributed by atoms with van der Waals surface area (Å²) in [5.74, 6) is 0.330. The first-order valence-electron chi connectivity index (χ1n) is 8.42. The van der Waals surface area contributed by atoms with Gasteiger partial charge in [0.15, 0.2) is 6.17 Å². The monoisotopic (exact) mass is 377 g/mol. The number of halogens is 1. The molecule has 27 heavy (non-hydrogen) atoms. The lowest BCUT2D eigenvalue weighted by Gasteiger charge is -2.38. The van der Waals surface area contributed by atoms with Crippen LogP contribution in [0.1, 0.15) is 5.56 Å². The molecule has 1 heterocycles. The van der Waals surface area contributed by atoms with Gasteiger partial charge in [-0.1, -0.05) is 18.2 Å². The normalized spacial score (nSPS) is 28.0. The Morgan fingerprint density at radius 3 is 2.56 bits per heavy atom. The molecule has 2 aromatic carbocycles. The van der Waals surface area contributed by atoms with Crippen LogP contribution in [0.5, 0.6) is 5.75 Å². The van der Waals surface area contributed by atoms with Crippen LogP contribution in [-0.2, 0) is 4.74 Å². The summed E-state index contributed by atoms with van der Waals surface area (Å²) in [6.07, 6.45) is -7.84. The molecular formula is C19H20FNO6. The summed E-state index contributed by atoms with van der Waals surface area (Å²) in [5.41, 5.74) is 2.59. The van der Waals surface area contributed by atoms with Gasteiger partial charge in [0.1, 0.15) is 29.7 Å². The van der Waals surface area contributed by atoms with Crippen LogP contribution in [-0.4, -0.2) is 52.7 Å². The molecule has 5 atom stereocenters. The Labute approximate surface area is 155 Å². The minimum Gasteiger partial charge on any atom is -0.461 e. The van der Waals surface area contributed by atoms with E-state index in [9.17, 15) is 24.6 Å². The van der Waals surface area contributed by atoms with Gasteiger partial charge in [-0.2, -0.15) is 0 Å². The van der Waals surface area contributed by atoms with Crippen molar-refractivity contribution in [1.29, 1.82) is 0 Å². The quantitative estimate of drug-likeness (QED) is 0.690. The lowest BCUT2D eigenvalue weighted by Crippen LogP contribution is -2.58. The third kappa shape index (κ3) is 3.98. The Morgan fingerprint density at radius 2 is 1.89 bits per heavy atom. The predicted octanol–water partition coefficient (Wildman–Crippen LogP) is 2.22. The van der Waals surface area contributed by atoms with E-state index >= 15 is 0 Å². The fourth-order valence-corrected chi connectivity index (χ4v) is 2.97. The van der Waals surface area contributed by atoms with Crippen molar-refractivity contribution in [2.24, 2.45) is 5.18 Å². The zero-order valence-electron chi connectivity index (χ0n) is 14.5. The highest BCUT2D eigenvalue weighted by Gasteiger charge is 2.46. The maximum absolute atomic E-state index is 14.3. The minimum absolute atomic E-state index is 0.309. The molecule has 0 unspecified atom stereocenters. The molecule has 0 bridgehead atoms.